The summed E-state index contributed by atoms with van der Waals surface area (Å²) in [5, 5.41) is 0. The molecule has 13 heavy (non-hydrogen) atoms. The van der Waals surface area contributed by atoms with Crippen molar-refractivity contribution in [3.05, 3.63) is 11.8 Å². The van der Waals surface area contributed by atoms with Gasteiger partial charge in [0.05, 0.1) is 0 Å². The molecule has 1 aliphatic rings. The van der Waals surface area contributed by atoms with E-state index in [4.69, 9.17) is 5.73 Å². The van der Waals surface area contributed by atoms with Gasteiger partial charge in [0.15, 0.2) is 0 Å². The number of amides is 1. The van der Waals surface area contributed by atoms with E-state index in [0.29, 0.717) is 12.0 Å². The van der Waals surface area contributed by atoms with Gasteiger partial charge in [-0.15, -0.1) is 0 Å². The lowest BCUT2D eigenvalue weighted by Crippen LogP contribution is -2.24. The van der Waals surface area contributed by atoms with Gasteiger partial charge in [0.1, 0.15) is 0 Å². The van der Waals surface area contributed by atoms with Gasteiger partial charge in [-0.2, -0.15) is 0 Å². The molecule has 1 amide bonds. The van der Waals surface area contributed by atoms with E-state index >= 15 is 0 Å². The molecule has 1 fully saturated rings. The lowest BCUT2D eigenvalue weighted by Gasteiger charge is -2.20. The third kappa shape index (κ3) is 2.76. The summed E-state index contributed by atoms with van der Waals surface area (Å²) in [7, 11) is 1.97. The molecule has 0 aromatic heterocycles. The normalized spacial score (nSPS) is 17.7. The quantitative estimate of drug-likeness (QED) is 0.662. The Morgan fingerprint density at radius 2 is 2.08 bits per heavy atom. The van der Waals surface area contributed by atoms with Gasteiger partial charge < -0.3 is 10.6 Å². The summed E-state index contributed by atoms with van der Waals surface area (Å²) in [5.41, 5.74) is 6.08. The van der Waals surface area contributed by atoms with Crippen molar-refractivity contribution < 1.29 is 4.79 Å². The van der Waals surface area contributed by atoms with Gasteiger partial charge in [0, 0.05) is 24.9 Å². The summed E-state index contributed by atoms with van der Waals surface area (Å²) in [4.78, 5) is 13.1. The Morgan fingerprint density at radius 3 is 2.38 bits per heavy atom. The first kappa shape index (κ1) is 10.1. The number of nitrogens with two attached hydrogens (primary N) is 1. The Morgan fingerprint density at radius 1 is 1.54 bits per heavy atom. The smallest absolute Gasteiger partial charge is 0.246 e. The highest BCUT2D eigenvalue weighted by atomic mass is 16.1. The minimum absolute atomic E-state index is 0.269. The number of primary amides is 1. The van der Waals surface area contributed by atoms with E-state index in [0.717, 1.165) is 18.4 Å². The number of hydrogen-bond donors (Lipinski definition) is 1. The molecule has 0 aromatic carbocycles. The third-order valence-corrected chi connectivity index (χ3v) is 2.46. The van der Waals surface area contributed by atoms with Crippen LogP contribution in [0.2, 0.25) is 0 Å². The highest BCUT2D eigenvalue weighted by Crippen LogP contribution is 2.36. The van der Waals surface area contributed by atoms with Crippen LogP contribution in [0.3, 0.4) is 0 Å². The molecule has 1 aliphatic carbocycles. The van der Waals surface area contributed by atoms with Crippen LogP contribution in [0.4, 0.5) is 0 Å². The lowest BCUT2D eigenvalue weighted by atomic mass is 10.1. The molecule has 0 aliphatic heterocycles. The molecule has 1 saturated carbocycles. The summed E-state index contributed by atoms with van der Waals surface area (Å²) < 4.78 is 0. The number of hydrogen-bond acceptors (Lipinski definition) is 2. The summed E-state index contributed by atoms with van der Waals surface area (Å²) in [5.74, 6) is 0.161. The summed E-state index contributed by atoms with van der Waals surface area (Å²) in [6.07, 6.45) is 4.12. The van der Waals surface area contributed by atoms with E-state index in [1.807, 2.05) is 18.1 Å². The first-order valence-corrected chi connectivity index (χ1v) is 4.75. The molecule has 0 heterocycles. The first-order valence-electron chi connectivity index (χ1n) is 4.75. The number of rotatable bonds is 4. The SMILES string of the molecule is CC(C)N(C)/C=C(/C(N)=O)C1CC1. The molecule has 74 valence electrons. The molecular formula is C10H18N2O. The average Bonchev–Trinajstić information content (AvgIpc) is 2.81. The van der Waals surface area contributed by atoms with Gasteiger partial charge >= 0.3 is 0 Å². The van der Waals surface area contributed by atoms with Crippen molar-refractivity contribution in [2.45, 2.75) is 32.7 Å². The number of carbonyl (C=O) groups excluding carboxylic acids is 1. The number of carbonyl (C=O) groups is 1. The van der Waals surface area contributed by atoms with Crippen molar-refractivity contribution in [1.82, 2.24) is 4.90 Å². The van der Waals surface area contributed by atoms with E-state index in [2.05, 4.69) is 13.8 Å². The second-order valence-corrected chi connectivity index (χ2v) is 3.98. The molecule has 3 nitrogen and oxygen atoms in total. The monoisotopic (exact) mass is 182 g/mol. The topological polar surface area (TPSA) is 46.3 Å². The Bertz CT molecular complexity index is 229. The second kappa shape index (κ2) is 3.81. The molecule has 0 spiro atoms. The van der Waals surface area contributed by atoms with Crippen LogP contribution in [-0.2, 0) is 4.79 Å². The molecular weight excluding hydrogens is 164 g/mol. The minimum atomic E-state index is -0.269. The van der Waals surface area contributed by atoms with Gasteiger partial charge in [0.25, 0.3) is 0 Å². The largest absolute Gasteiger partial charge is 0.378 e. The number of nitrogens with zero attached hydrogens (tertiary/aromatic N) is 1. The van der Waals surface area contributed by atoms with E-state index < -0.39 is 0 Å². The summed E-state index contributed by atoms with van der Waals surface area (Å²) in [6, 6.07) is 0.410. The van der Waals surface area contributed by atoms with Crippen LogP contribution in [0.5, 0.6) is 0 Å². The van der Waals surface area contributed by atoms with Crippen molar-refractivity contribution in [3.63, 3.8) is 0 Å². The van der Waals surface area contributed by atoms with Crippen molar-refractivity contribution in [3.8, 4) is 0 Å². The van der Waals surface area contributed by atoms with Gasteiger partial charge in [-0.1, -0.05) is 0 Å². The van der Waals surface area contributed by atoms with Crippen LogP contribution >= 0.6 is 0 Å². The van der Waals surface area contributed by atoms with Crippen LogP contribution in [0, 0.1) is 5.92 Å². The van der Waals surface area contributed by atoms with E-state index in [9.17, 15) is 4.79 Å². The highest BCUT2D eigenvalue weighted by Gasteiger charge is 2.29. The molecule has 3 heteroatoms. The van der Waals surface area contributed by atoms with E-state index in [-0.39, 0.29) is 5.91 Å². The predicted octanol–water partition coefficient (Wildman–Crippen LogP) is 1.11. The van der Waals surface area contributed by atoms with E-state index in [1.54, 1.807) is 0 Å². The van der Waals surface area contributed by atoms with Crippen molar-refractivity contribution >= 4 is 5.91 Å². The fraction of sp³-hybridized carbons (Fsp3) is 0.700. The van der Waals surface area contributed by atoms with Gasteiger partial charge in [-0.25, -0.2) is 0 Å². The van der Waals surface area contributed by atoms with Crippen molar-refractivity contribution in [2.24, 2.45) is 11.7 Å². The maximum atomic E-state index is 11.1. The Kier molecular flexibility index (Phi) is 2.96. The molecule has 0 radical (unpaired) electrons. The first-order chi connectivity index (χ1) is 6.02. The zero-order valence-electron chi connectivity index (χ0n) is 8.58. The Balaban J connectivity index is 2.67. The van der Waals surface area contributed by atoms with Crippen LogP contribution in [0.1, 0.15) is 26.7 Å². The molecule has 0 saturated heterocycles. The Hall–Kier alpha value is -0.990. The fourth-order valence-electron chi connectivity index (χ4n) is 1.13. The van der Waals surface area contributed by atoms with Crippen LogP contribution in [0.15, 0.2) is 11.8 Å². The standard InChI is InChI=1S/C10H18N2O/c1-7(2)12(3)6-9(10(11)13)8-4-5-8/h6-8H,4-5H2,1-3H3,(H2,11,13)/b9-6+. The minimum Gasteiger partial charge on any atom is -0.378 e. The van der Waals surface area contributed by atoms with Gasteiger partial charge in [-0.05, 0) is 32.6 Å². The summed E-state index contributed by atoms with van der Waals surface area (Å²) in [6.45, 7) is 4.17. The van der Waals surface area contributed by atoms with E-state index in [1.165, 1.54) is 0 Å². The van der Waals surface area contributed by atoms with Gasteiger partial charge in [0.2, 0.25) is 5.91 Å². The Labute approximate surface area is 79.6 Å². The van der Waals surface area contributed by atoms with Crippen molar-refractivity contribution in [2.75, 3.05) is 7.05 Å². The summed E-state index contributed by atoms with van der Waals surface area (Å²) >= 11 is 0. The maximum Gasteiger partial charge on any atom is 0.246 e. The van der Waals surface area contributed by atoms with Crippen molar-refractivity contribution in [1.29, 1.82) is 0 Å². The van der Waals surface area contributed by atoms with Crippen LogP contribution < -0.4 is 5.73 Å². The third-order valence-electron chi connectivity index (χ3n) is 2.46. The lowest BCUT2D eigenvalue weighted by molar-refractivity contribution is -0.114. The molecule has 2 N–H and O–H groups in total. The highest BCUT2D eigenvalue weighted by molar-refractivity contribution is 5.92. The molecule has 0 aromatic rings. The fourth-order valence-corrected chi connectivity index (χ4v) is 1.13. The predicted molar refractivity (Wildman–Crippen MR) is 52.9 cm³/mol. The van der Waals surface area contributed by atoms with Crippen LogP contribution in [-0.4, -0.2) is 23.9 Å². The average molecular weight is 182 g/mol. The maximum absolute atomic E-state index is 11.1. The molecule has 0 atom stereocenters. The van der Waals surface area contributed by atoms with Crippen LogP contribution in [0.25, 0.3) is 0 Å². The molecule has 0 unspecified atom stereocenters. The molecule has 0 bridgehead atoms. The zero-order chi connectivity index (χ0) is 10.0. The zero-order valence-corrected chi connectivity index (χ0v) is 8.58. The second-order valence-electron chi connectivity index (χ2n) is 3.98. The molecule has 1 rings (SSSR count). The van der Waals surface area contributed by atoms with Gasteiger partial charge in [-0.3, -0.25) is 4.79 Å².